The highest BCUT2D eigenvalue weighted by atomic mass is 32.2. The number of pyridine rings is 1. The van der Waals surface area contributed by atoms with Crippen LogP contribution < -0.4 is 10.6 Å². The van der Waals surface area contributed by atoms with E-state index in [4.69, 9.17) is 5.73 Å². The number of rotatable bonds is 1. The van der Waals surface area contributed by atoms with Crippen LogP contribution in [0.15, 0.2) is 30.6 Å². The first-order chi connectivity index (χ1) is 9.57. The summed E-state index contributed by atoms with van der Waals surface area (Å²) >= 11 is 0. The molecular weight excluding hydrogens is 274 g/mol. The fraction of sp³-hybridized carbons (Fsp3) is 0.357. The molecule has 0 atom stereocenters. The summed E-state index contributed by atoms with van der Waals surface area (Å²) in [6, 6.07) is 5.83. The number of nitrogens with zero attached hydrogens (tertiary/aromatic N) is 2. The molecule has 0 spiro atoms. The van der Waals surface area contributed by atoms with Crippen LogP contribution in [0.3, 0.4) is 0 Å². The zero-order valence-electron chi connectivity index (χ0n) is 11.1. The van der Waals surface area contributed by atoms with Gasteiger partial charge in [0.1, 0.15) is 0 Å². The topological polar surface area (TPSA) is 76.3 Å². The summed E-state index contributed by atoms with van der Waals surface area (Å²) in [4.78, 5) is 6.15. The maximum atomic E-state index is 11.7. The molecule has 0 aliphatic carbocycles. The monoisotopic (exact) mass is 291 g/mol. The van der Waals surface area contributed by atoms with Crippen LogP contribution in [-0.2, 0) is 9.84 Å². The fourth-order valence-electron chi connectivity index (χ4n) is 2.64. The van der Waals surface area contributed by atoms with Crippen molar-refractivity contribution in [2.24, 2.45) is 0 Å². The van der Waals surface area contributed by atoms with Gasteiger partial charge in [0.15, 0.2) is 9.84 Å². The zero-order chi connectivity index (χ0) is 14.2. The smallest absolute Gasteiger partial charge is 0.152 e. The highest BCUT2D eigenvalue weighted by Gasteiger charge is 2.20. The van der Waals surface area contributed by atoms with Crippen molar-refractivity contribution in [2.45, 2.75) is 6.42 Å². The fourth-order valence-corrected chi connectivity index (χ4v) is 3.91. The molecule has 3 rings (SSSR count). The molecule has 0 saturated carbocycles. The Morgan fingerprint density at radius 2 is 2.00 bits per heavy atom. The Kier molecular flexibility index (Phi) is 3.25. The molecule has 0 bridgehead atoms. The van der Waals surface area contributed by atoms with Crippen LogP contribution in [-0.4, -0.2) is 38.0 Å². The summed E-state index contributed by atoms with van der Waals surface area (Å²) < 4.78 is 23.4. The number of fused-ring (bicyclic) bond motifs is 1. The van der Waals surface area contributed by atoms with Gasteiger partial charge in [-0.1, -0.05) is 6.07 Å². The van der Waals surface area contributed by atoms with Gasteiger partial charge in [0.05, 0.1) is 22.9 Å². The predicted octanol–water partition coefficient (Wildman–Crippen LogP) is 1.44. The quantitative estimate of drug-likeness (QED) is 0.805. The molecule has 106 valence electrons. The van der Waals surface area contributed by atoms with E-state index in [9.17, 15) is 8.42 Å². The minimum Gasteiger partial charge on any atom is -0.397 e. The van der Waals surface area contributed by atoms with Gasteiger partial charge in [-0.3, -0.25) is 4.98 Å². The molecule has 1 saturated heterocycles. The first-order valence-corrected chi connectivity index (χ1v) is 8.46. The number of nitrogens with two attached hydrogens (primary N) is 1. The molecule has 0 amide bonds. The number of benzene rings is 1. The number of sulfone groups is 1. The lowest BCUT2D eigenvalue weighted by molar-refractivity contribution is 0.597. The van der Waals surface area contributed by atoms with Gasteiger partial charge in [0.25, 0.3) is 0 Å². The third-order valence-electron chi connectivity index (χ3n) is 3.74. The van der Waals surface area contributed by atoms with Gasteiger partial charge in [-0.25, -0.2) is 8.42 Å². The van der Waals surface area contributed by atoms with Crippen LogP contribution in [0.4, 0.5) is 11.4 Å². The van der Waals surface area contributed by atoms with Gasteiger partial charge in [0, 0.05) is 36.3 Å². The highest BCUT2D eigenvalue weighted by molar-refractivity contribution is 7.91. The molecule has 2 N–H and O–H groups in total. The second-order valence-corrected chi connectivity index (χ2v) is 7.39. The molecule has 1 aromatic heterocycles. The van der Waals surface area contributed by atoms with Crippen LogP contribution >= 0.6 is 0 Å². The summed E-state index contributed by atoms with van der Waals surface area (Å²) in [5.41, 5.74) is 7.87. The molecule has 0 unspecified atom stereocenters. The van der Waals surface area contributed by atoms with Gasteiger partial charge in [-0.2, -0.15) is 0 Å². The van der Waals surface area contributed by atoms with Gasteiger partial charge < -0.3 is 10.6 Å². The van der Waals surface area contributed by atoms with Crippen molar-refractivity contribution in [3.63, 3.8) is 0 Å². The summed E-state index contributed by atoms with van der Waals surface area (Å²) in [6.45, 7) is 1.23. The van der Waals surface area contributed by atoms with Crippen molar-refractivity contribution < 1.29 is 8.42 Å². The van der Waals surface area contributed by atoms with Crippen LogP contribution in [0.5, 0.6) is 0 Å². The highest BCUT2D eigenvalue weighted by Crippen LogP contribution is 2.31. The third kappa shape index (κ3) is 2.43. The maximum Gasteiger partial charge on any atom is 0.152 e. The summed E-state index contributed by atoms with van der Waals surface area (Å²) in [5, 5.41) is 1.96. The summed E-state index contributed by atoms with van der Waals surface area (Å²) in [6.07, 6.45) is 4.15. The Balaban J connectivity index is 2.00. The first-order valence-electron chi connectivity index (χ1n) is 6.64. The average Bonchev–Trinajstić information content (AvgIpc) is 2.61. The number of nitrogen functional groups attached to an aromatic ring is 1. The van der Waals surface area contributed by atoms with Gasteiger partial charge >= 0.3 is 0 Å². The molecule has 5 nitrogen and oxygen atoms in total. The van der Waals surface area contributed by atoms with E-state index in [2.05, 4.69) is 9.88 Å². The Morgan fingerprint density at radius 3 is 2.85 bits per heavy atom. The molecule has 20 heavy (non-hydrogen) atoms. The van der Waals surface area contributed by atoms with Crippen molar-refractivity contribution in [3.05, 3.63) is 30.6 Å². The number of aromatic nitrogens is 1. The van der Waals surface area contributed by atoms with Crippen molar-refractivity contribution in [1.82, 2.24) is 4.98 Å². The Labute approximate surface area is 118 Å². The third-order valence-corrected chi connectivity index (χ3v) is 5.45. The molecule has 6 heteroatoms. The molecule has 1 fully saturated rings. The SMILES string of the molecule is Nc1c(N2CCCS(=O)(=O)CC2)ccc2cnccc12. The molecule has 1 aliphatic rings. The van der Waals surface area contributed by atoms with Crippen LogP contribution in [0, 0.1) is 0 Å². The molecule has 2 heterocycles. The van der Waals surface area contributed by atoms with Crippen LogP contribution in [0.1, 0.15) is 6.42 Å². The van der Waals surface area contributed by atoms with E-state index in [0.29, 0.717) is 18.7 Å². The van der Waals surface area contributed by atoms with Crippen molar-refractivity contribution in [2.75, 3.05) is 35.2 Å². The minimum absolute atomic E-state index is 0.195. The largest absolute Gasteiger partial charge is 0.397 e. The molecular formula is C14H17N3O2S. The second kappa shape index (κ2) is 4.94. The van der Waals surface area contributed by atoms with E-state index in [1.165, 1.54) is 0 Å². The Bertz CT molecular complexity index is 743. The van der Waals surface area contributed by atoms with E-state index < -0.39 is 9.84 Å². The van der Waals surface area contributed by atoms with E-state index in [1.54, 1.807) is 12.4 Å². The number of hydrogen-bond acceptors (Lipinski definition) is 5. The van der Waals surface area contributed by atoms with Gasteiger partial charge in [0.2, 0.25) is 0 Å². The minimum atomic E-state index is -2.91. The molecule has 0 radical (unpaired) electrons. The van der Waals surface area contributed by atoms with Gasteiger partial charge in [-0.05, 0) is 18.6 Å². The second-order valence-electron chi connectivity index (χ2n) is 5.09. The molecule has 1 aliphatic heterocycles. The lowest BCUT2D eigenvalue weighted by Crippen LogP contribution is -2.27. The maximum absolute atomic E-state index is 11.7. The van der Waals surface area contributed by atoms with E-state index >= 15 is 0 Å². The zero-order valence-corrected chi connectivity index (χ0v) is 11.9. The standard InChI is InChI=1S/C14H17N3O2S/c15-14-12-4-5-16-10-11(12)2-3-13(14)17-6-1-8-20(18,19)9-7-17/h2-5,10H,1,6-9,15H2. The van der Waals surface area contributed by atoms with Gasteiger partial charge in [-0.15, -0.1) is 0 Å². The number of hydrogen-bond donors (Lipinski definition) is 1. The van der Waals surface area contributed by atoms with E-state index in [0.717, 1.165) is 23.0 Å². The van der Waals surface area contributed by atoms with Crippen LogP contribution in [0.25, 0.3) is 10.8 Å². The average molecular weight is 291 g/mol. The Hall–Kier alpha value is -1.82. The van der Waals surface area contributed by atoms with Crippen molar-refractivity contribution in [3.8, 4) is 0 Å². The predicted molar refractivity (Wildman–Crippen MR) is 81.6 cm³/mol. The Morgan fingerprint density at radius 1 is 1.15 bits per heavy atom. The molecule has 2 aromatic rings. The first kappa shape index (κ1) is 13.2. The normalized spacial score (nSPS) is 18.9. The lowest BCUT2D eigenvalue weighted by Gasteiger charge is -2.24. The molecule has 1 aromatic carbocycles. The summed E-state index contributed by atoms with van der Waals surface area (Å²) in [7, 11) is -2.91. The van der Waals surface area contributed by atoms with Crippen molar-refractivity contribution >= 4 is 32.0 Å². The lowest BCUT2D eigenvalue weighted by atomic mass is 10.1. The van der Waals surface area contributed by atoms with E-state index in [-0.39, 0.29) is 11.5 Å². The van der Waals surface area contributed by atoms with Crippen molar-refractivity contribution in [1.29, 1.82) is 0 Å². The van der Waals surface area contributed by atoms with E-state index in [1.807, 2.05) is 18.2 Å². The number of anilines is 2. The van der Waals surface area contributed by atoms with Crippen LogP contribution in [0.2, 0.25) is 0 Å². The summed E-state index contributed by atoms with van der Waals surface area (Å²) in [5.74, 6) is 0.460.